The summed E-state index contributed by atoms with van der Waals surface area (Å²) in [7, 11) is 0. The monoisotopic (exact) mass is 206 g/mol. The minimum atomic E-state index is 0.0960. The molecule has 1 heterocycles. The maximum Gasteiger partial charge on any atom is 0.312 e. The summed E-state index contributed by atoms with van der Waals surface area (Å²) in [6.45, 7) is 0. The van der Waals surface area contributed by atoms with Gasteiger partial charge in [-0.2, -0.15) is 4.73 Å². The van der Waals surface area contributed by atoms with Gasteiger partial charge < -0.3 is 5.21 Å². The fourth-order valence-electron chi connectivity index (χ4n) is 1.18. The Morgan fingerprint density at radius 1 is 1.21 bits per heavy atom. The van der Waals surface area contributed by atoms with Gasteiger partial charge in [-0.15, -0.1) is 0 Å². The second-order valence-corrected chi connectivity index (χ2v) is 3.12. The zero-order chi connectivity index (χ0) is 9.97. The van der Waals surface area contributed by atoms with Gasteiger partial charge >= 0.3 is 5.15 Å². The Kier molecular flexibility index (Phi) is 2.33. The van der Waals surface area contributed by atoms with Gasteiger partial charge in [0.15, 0.2) is 11.9 Å². The lowest BCUT2D eigenvalue weighted by Crippen LogP contribution is -2.27. The van der Waals surface area contributed by atoms with Gasteiger partial charge in [0.1, 0.15) is 0 Å². The fourth-order valence-corrected chi connectivity index (χ4v) is 1.40. The zero-order valence-electron chi connectivity index (χ0n) is 7.22. The Hall–Kier alpha value is -1.61. The van der Waals surface area contributed by atoms with Crippen molar-refractivity contribution in [3.8, 4) is 11.3 Å². The molecule has 0 saturated carbocycles. The quantitative estimate of drug-likeness (QED) is 0.529. The van der Waals surface area contributed by atoms with E-state index in [0.29, 0.717) is 10.4 Å². The first-order valence-electron chi connectivity index (χ1n) is 4.08. The van der Waals surface area contributed by atoms with Gasteiger partial charge in [-0.3, -0.25) is 0 Å². The molecule has 0 bridgehead atoms. The van der Waals surface area contributed by atoms with Crippen LogP contribution in [0.2, 0.25) is 5.15 Å². The van der Waals surface area contributed by atoms with Crippen LogP contribution >= 0.6 is 11.6 Å². The van der Waals surface area contributed by atoms with Crippen LogP contribution in [0.1, 0.15) is 0 Å². The number of halogens is 1. The average molecular weight is 207 g/mol. The third-order valence-corrected chi connectivity index (χ3v) is 2.19. The van der Waals surface area contributed by atoms with Gasteiger partial charge in [-0.1, -0.05) is 30.3 Å². The molecule has 1 aromatic carbocycles. The van der Waals surface area contributed by atoms with Crippen LogP contribution < -0.4 is 4.73 Å². The largest absolute Gasteiger partial charge is 0.618 e. The molecular weight excluding hydrogens is 200 g/mol. The fraction of sp³-hybridized carbons (Fsp3) is 0. The number of benzene rings is 1. The predicted octanol–water partition coefficient (Wildman–Crippen LogP) is 2.04. The average Bonchev–Trinajstić information content (AvgIpc) is 2.23. The van der Waals surface area contributed by atoms with Crippen molar-refractivity contribution in [2.45, 2.75) is 0 Å². The Labute approximate surface area is 86.2 Å². The van der Waals surface area contributed by atoms with Crippen molar-refractivity contribution >= 4 is 11.6 Å². The summed E-state index contributed by atoms with van der Waals surface area (Å²) in [5.41, 5.74) is 1.34. The van der Waals surface area contributed by atoms with Crippen molar-refractivity contribution in [2.75, 3.05) is 0 Å². The highest BCUT2D eigenvalue weighted by atomic mass is 35.5. The normalized spacial score (nSPS) is 10.1. The smallest absolute Gasteiger partial charge is 0.312 e. The SMILES string of the molecule is [O-][n+]1ccnc(-c2ccccc2)c1Cl. The van der Waals surface area contributed by atoms with Gasteiger partial charge in [0.25, 0.3) is 0 Å². The second kappa shape index (κ2) is 3.64. The van der Waals surface area contributed by atoms with E-state index in [1.807, 2.05) is 30.3 Å². The Bertz CT molecular complexity index is 445. The van der Waals surface area contributed by atoms with Crippen LogP contribution in [0.15, 0.2) is 42.7 Å². The first kappa shape index (κ1) is 8.97. The van der Waals surface area contributed by atoms with Crippen molar-refractivity contribution in [3.63, 3.8) is 0 Å². The lowest BCUT2D eigenvalue weighted by molar-refractivity contribution is -0.603. The van der Waals surface area contributed by atoms with Crippen molar-refractivity contribution in [1.82, 2.24) is 4.98 Å². The molecule has 2 rings (SSSR count). The molecule has 0 N–H and O–H groups in total. The van der Waals surface area contributed by atoms with E-state index in [0.717, 1.165) is 5.56 Å². The van der Waals surface area contributed by atoms with Gasteiger partial charge in [-0.25, -0.2) is 4.98 Å². The number of hydrogen-bond acceptors (Lipinski definition) is 2. The minimum absolute atomic E-state index is 0.0960. The highest BCUT2D eigenvalue weighted by Crippen LogP contribution is 2.21. The predicted molar refractivity (Wildman–Crippen MR) is 53.6 cm³/mol. The molecule has 0 unspecified atom stereocenters. The van der Waals surface area contributed by atoms with Gasteiger partial charge in [0.2, 0.25) is 0 Å². The van der Waals surface area contributed by atoms with Crippen molar-refractivity contribution in [3.05, 3.63) is 53.1 Å². The lowest BCUT2D eigenvalue weighted by atomic mass is 10.2. The van der Waals surface area contributed by atoms with E-state index in [9.17, 15) is 5.21 Å². The van der Waals surface area contributed by atoms with Gasteiger partial charge in [-0.05, 0) is 11.6 Å². The van der Waals surface area contributed by atoms with E-state index < -0.39 is 0 Å². The van der Waals surface area contributed by atoms with Gasteiger partial charge in [0, 0.05) is 5.56 Å². The van der Waals surface area contributed by atoms with E-state index in [2.05, 4.69) is 4.98 Å². The van der Waals surface area contributed by atoms with Crippen LogP contribution in [0.5, 0.6) is 0 Å². The van der Waals surface area contributed by atoms with Crippen LogP contribution in [-0.4, -0.2) is 4.98 Å². The van der Waals surface area contributed by atoms with E-state index >= 15 is 0 Å². The standard InChI is InChI=1S/C10H7ClN2O/c11-10-9(12-6-7-13(10)14)8-4-2-1-3-5-8/h1-7H. The molecule has 0 aliphatic rings. The highest BCUT2D eigenvalue weighted by Gasteiger charge is 2.11. The molecule has 4 heteroatoms. The summed E-state index contributed by atoms with van der Waals surface area (Å²) in [6, 6.07) is 9.35. The summed E-state index contributed by atoms with van der Waals surface area (Å²) < 4.78 is 0.594. The number of rotatable bonds is 1. The second-order valence-electron chi connectivity index (χ2n) is 2.76. The number of hydrogen-bond donors (Lipinski definition) is 0. The molecule has 0 fully saturated rings. The van der Waals surface area contributed by atoms with Crippen molar-refractivity contribution in [1.29, 1.82) is 0 Å². The molecule has 0 radical (unpaired) electrons. The lowest BCUT2D eigenvalue weighted by Gasteiger charge is -2.02. The minimum Gasteiger partial charge on any atom is -0.618 e. The van der Waals surface area contributed by atoms with Crippen LogP contribution in [0, 0.1) is 5.21 Å². The van der Waals surface area contributed by atoms with Crippen LogP contribution in [-0.2, 0) is 0 Å². The molecule has 0 spiro atoms. The third-order valence-electron chi connectivity index (χ3n) is 1.84. The van der Waals surface area contributed by atoms with Crippen LogP contribution in [0.25, 0.3) is 11.3 Å². The Balaban J connectivity index is 2.58. The maximum atomic E-state index is 11.2. The highest BCUT2D eigenvalue weighted by molar-refractivity contribution is 6.30. The summed E-state index contributed by atoms with van der Waals surface area (Å²) in [6.07, 6.45) is 2.70. The first-order valence-corrected chi connectivity index (χ1v) is 4.46. The molecule has 14 heavy (non-hydrogen) atoms. The molecule has 0 amide bonds. The summed E-state index contributed by atoms with van der Waals surface area (Å²) in [4.78, 5) is 4.06. The Morgan fingerprint density at radius 3 is 2.64 bits per heavy atom. The van der Waals surface area contributed by atoms with Crippen LogP contribution in [0.3, 0.4) is 0 Å². The molecule has 3 nitrogen and oxygen atoms in total. The maximum absolute atomic E-state index is 11.2. The Morgan fingerprint density at radius 2 is 1.93 bits per heavy atom. The van der Waals surface area contributed by atoms with E-state index in [1.165, 1.54) is 12.4 Å². The van der Waals surface area contributed by atoms with Gasteiger partial charge in [0.05, 0.1) is 6.20 Å². The zero-order valence-corrected chi connectivity index (χ0v) is 7.98. The summed E-state index contributed by atoms with van der Waals surface area (Å²) in [5.74, 6) is 0. The molecule has 70 valence electrons. The molecular formula is C10H7ClN2O. The van der Waals surface area contributed by atoms with Crippen LogP contribution in [0.4, 0.5) is 0 Å². The molecule has 2 aromatic rings. The molecule has 1 aromatic heterocycles. The first-order chi connectivity index (χ1) is 6.79. The number of nitrogens with zero attached hydrogens (tertiary/aromatic N) is 2. The molecule has 0 saturated heterocycles. The third kappa shape index (κ3) is 1.54. The molecule has 0 atom stereocenters. The van der Waals surface area contributed by atoms with E-state index in [4.69, 9.17) is 11.6 Å². The summed E-state index contributed by atoms with van der Waals surface area (Å²) >= 11 is 5.82. The van der Waals surface area contributed by atoms with Crippen molar-refractivity contribution < 1.29 is 4.73 Å². The number of aromatic nitrogens is 2. The van der Waals surface area contributed by atoms with E-state index in [-0.39, 0.29) is 5.15 Å². The molecule has 0 aliphatic carbocycles. The molecule has 0 aliphatic heterocycles. The summed E-state index contributed by atoms with van der Waals surface area (Å²) in [5, 5.41) is 11.3. The van der Waals surface area contributed by atoms with E-state index in [1.54, 1.807) is 0 Å². The topological polar surface area (TPSA) is 39.8 Å². The van der Waals surface area contributed by atoms with Crippen molar-refractivity contribution in [2.24, 2.45) is 0 Å².